The molecule has 0 saturated heterocycles. The molecule has 18 heavy (non-hydrogen) atoms. The lowest BCUT2D eigenvalue weighted by molar-refractivity contribution is 0.476. The summed E-state index contributed by atoms with van der Waals surface area (Å²) < 4.78 is 1.84. The van der Waals surface area contributed by atoms with Crippen LogP contribution in [0, 0.1) is 0 Å². The Morgan fingerprint density at radius 3 is 2.89 bits per heavy atom. The number of benzene rings is 1. The standard InChI is InChI=1S/C13H12N4O/c14-8-12-15-5-6-17(12)13-11-7-10(18)2-1-9(11)3-4-16-13/h1-7,18H,8,14H2. The Morgan fingerprint density at radius 1 is 1.17 bits per heavy atom. The van der Waals surface area contributed by atoms with E-state index in [1.807, 2.05) is 22.9 Å². The highest BCUT2D eigenvalue weighted by atomic mass is 16.3. The largest absolute Gasteiger partial charge is 0.508 e. The number of fused-ring (bicyclic) bond motifs is 1. The molecule has 90 valence electrons. The van der Waals surface area contributed by atoms with E-state index in [2.05, 4.69) is 9.97 Å². The first-order chi connectivity index (χ1) is 8.79. The molecular formula is C13H12N4O. The summed E-state index contributed by atoms with van der Waals surface area (Å²) in [5.41, 5.74) is 5.65. The van der Waals surface area contributed by atoms with E-state index in [9.17, 15) is 5.11 Å². The maximum absolute atomic E-state index is 9.60. The van der Waals surface area contributed by atoms with Gasteiger partial charge in [0.15, 0.2) is 0 Å². The van der Waals surface area contributed by atoms with E-state index >= 15 is 0 Å². The minimum Gasteiger partial charge on any atom is -0.508 e. The van der Waals surface area contributed by atoms with Crippen LogP contribution in [0.5, 0.6) is 5.75 Å². The van der Waals surface area contributed by atoms with Crippen LogP contribution in [0.2, 0.25) is 0 Å². The number of phenolic OH excluding ortho intramolecular Hbond substituents is 1. The minimum atomic E-state index is 0.214. The fourth-order valence-electron chi connectivity index (χ4n) is 2.01. The number of phenols is 1. The first-order valence-electron chi connectivity index (χ1n) is 5.60. The van der Waals surface area contributed by atoms with Crippen molar-refractivity contribution in [2.24, 2.45) is 5.73 Å². The second kappa shape index (κ2) is 4.12. The molecule has 0 unspecified atom stereocenters. The molecule has 5 heteroatoms. The number of imidazole rings is 1. The van der Waals surface area contributed by atoms with Crippen molar-refractivity contribution >= 4 is 10.8 Å². The van der Waals surface area contributed by atoms with Crippen molar-refractivity contribution < 1.29 is 5.11 Å². The average Bonchev–Trinajstić information content (AvgIpc) is 2.86. The molecule has 1 aromatic carbocycles. The van der Waals surface area contributed by atoms with Crippen molar-refractivity contribution in [1.29, 1.82) is 0 Å². The topological polar surface area (TPSA) is 77.0 Å². The highest BCUT2D eigenvalue weighted by Crippen LogP contribution is 2.24. The predicted molar refractivity (Wildman–Crippen MR) is 68.4 cm³/mol. The van der Waals surface area contributed by atoms with Gasteiger partial charge in [-0.05, 0) is 23.6 Å². The minimum absolute atomic E-state index is 0.214. The number of hydrogen-bond acceptors (Lipinski definition) is 4. The van der Waals surface area contributed by atoms with Crippen molar-refractivity contribution in [3.05, 3.63) is 48.7 Å². The summed E-state index contributed by atoms with van der Waals surface area (Å²) in [5.74, 6) is 1.67. The SMILES string of the molecule is NCc1nccn1-c1nccc2ccc(O)cc12. The predicted octanol–water partition coefficient (Wildman–Crippen LogP) is 1.58. The van der Waals surface area contributed by atoms with Gasteiger partial charge in [-0.3, -0.25) is 4.57 Å². The lowest BCUT2D eigenvalue weighted by Crippen LogP contribution is -2.07. The van der Waals surface area contributed by atoms with Gasteiger partial charge >= 0.3 is 0 Å². The molecule has 3 N–H and O–H groups in total. The number of pyridine rings is 1. The van der Waals surface area contributed by atoms with Gasteiger partial charge < -0.3 is 10.8 Å². The number of nitrogens with zero attached hydrogens (tertiary/aromatic N) is 3. The van der Waals surface area contributed by atoms with E-state index in [1.54, 1.807) is 24.5 Å². The Morgan fingerprint density at radius 2 is 2.06 bits per heavy atom. The summed E-state index contributed by atoms with van der Waals surface area (Å²) in [6.07, 6.45) is 5.23. The van der Waals surface area contributed by atoms with Crippen LogP contribution in [0.3, 0.4) is 0 Å². The molecule has 0 spiro atoms. The monoisotopic (exact) mass is 240 g/mol. The zero-order chi connectivity index (χ0) is 12.5. The van der Waals surface area contributed by atoms with Crippen LogP contribution in [0.25, 0.3) is 16.6 Å². The van der Waals surface area contributed by atoms with Crippen LogP contribution >= 0.6 is 0 Å². The molecule has 0 atom stereocenters. The molecule has 0 bridgehead atoms. The molecular weight excluding hydrogens is 228 g/mol. The van der Waals surface area contributed by atoms with Gasteiger partial charge in [0, 0.05) is 24.0 Å². The highest BCUT2D eigenvalue weighted by Gasteiger charge is 2.08. The van der Waals surface area contributed by atoms with Crippen LogP contribution in [0.4, 0.5) is 0 Å². The first-order valence-corrected chi connectivity index (χ1v) is 5.60. The third-order valence-corrected chi connectivity index (χ3v) is 2.86. The zero-order valence-electron chi connectivity index (χ0n) is 9.61. The van der Waals surface area contributed by atoms with Gasteiger partial charge in [0.2, 0.25) is 0 Å². The van der Waals surface area contributed by atoms with Crippen LogP contribution < -0.4 is 5.73 Å². The van der Waals surface area contributed by atoms with E-state index in [4.69, 9.17) is 5.73 Å². The molecule has 2 aromatic heterocycles. The maximum atomic E-state index is 9.60. The molecule has 0 saturated carbocycles. The molecule has 0 radical (unpaired) electrons. The van der Waals surface area contributed by atoms with Gasteiger partial charge in [-0.2, -0.15) is 0 Å². The Balaban J connectivity index is 2.32. The summed E-state index contributed by atoms with van der Waals surface area (Å²) in [7, 11) is 0. The summed E-state index contributed by atoms with van der Waals surface area (Å²) in [6, 6.07) is 7.11. The van der Waals surface area contributed by atoms with Crippen molar-refractivity contribution in [2.45, 2.75) is 6.54 Å². The lowest BCUT2D eigenvalue weighted by atomic mass is 10.1. The molecule has 5 nitrogen and oxygen atoms in total. The third-order valence-electron chi connectivity index (χ3n) is 2.86. The molecule has 3 aromatic rings. The van der Waals surface area contributed by atoms with Crippen molar-refractivity contribution in [1.82, 2.24) is 14.5 Å². The molecule has 3 rings (SSSR count). The summed E-state index contributed by atoms with van der Waals surface area (Å²) in [5, 5.41) is 11.5. The van der Waals surface area contributed by atoms with Crippen LogP contribution in [0.1, 0.15) is 5.82 Å². The smallest absolute Gasteiger partial charge is 0.146 e. The second-order valence-corrected chi connectivity index (χ2v) is 3.96. The van der Waals surface area contributed by atoms with Crippen molar-refractivity contribution in [3.8, 4) is 11.6 Å². The van der Waals surface area contributed by atoms with Crippen LogP contribution in [-0.4, -0.2) is 19.6 Å². The quantitative estimate of drug-likeness (QED) is 0.713. The molecule has 0 amide bonds. The maximum Gasteiger partial charge on any atom is 0.146 e. The van der Waals surface area contributed by atoms with E-state index in [-0.39, 0.29) is 5.75 Å². The molecule has 0 fully saturated rings. The average molecular weight is 240 g/mol. The van der Waals surface area contributed by atoms with Gasteiger partial charge in [0.05, 0.1) is 6.54 Å². The van der Waals surface area contributed by atoms with E-state index in [0.29, 0.717) is 6.54 Å². The fourth-order valence-corrected chi connectivity index (χ4v) is 2.01. The first kappa shape index (κ1) is 10.7. The number of hydrogen-bond donors (Lipinski definition) is 2. The Kier molecular flexibility index (Phi) is 2.46. The van der Waals surface area contributed by atoms with Gasteiger partial charge in [0.25, 0.3) is 0 Å². The van der Waals surface area contributed by atoms with Crippen LogP contribution in [-0.2, 0) is 6.54 Å². The van der Waals surface area contributed by atoms with Crippen LogP contribution in [0.15, 0.2) is 42.9 Å². The van der Waals surface area contributed by atoms with Crippen molar-refractivity contribution in [2.75, 3.05) is 0 Å². The zero-order valence-corrected chi connectivity index (χ0v) is 9.61. The Hall–Kier alpha value is -2.40. The summed E-state index contributed by atoms with van der Waals surface area (Å²) >= 11 is 0. The second-order valence-electron chi connectivity index (χ2n) is 3.96. The van der Waals surface area contributed by atoms with E-state index in [1.165, 1.54) is 0 Å². The highest BCUT2D eigenvalue weighted by molar-refractivity contribution is 5.89. The van der Waals surface area contributed by atoms with Gasteiger partial charge in [-0.15, -0.1) is 0 Å². The normalized spacial score (nSPS) is 10.9. The number of rotatable bonds is 2. The Bertz CT molecular complexity index is 705. The molecule has 0 aliphatic heterocycles. The summed E-state index contributed by atoms with van der Waals surface area (Å²) in [6.45, 7) is 0.337. The third kappa shape index (κ3) is 1.61. The molecule has 0 aliphatic carbocycles. The number of aromatic hydroxyl groups is 1. The van der Waals surface area contributed by atoms with Gasteiger partial charge in [-0.1, -0.05) is 6.07 Å². The van der Waals surface area contributed by atoms with E-state index < -0.39 is 0 Å². The number of nitrogens with two attached hydrogens (primary N) is 1. The van der Waals surface area contributed by atoms with E-state index in [0.717, 1.165) is 22.4 Å². The Labute approximate surface area is 104 Å². The lowest BCUT2D eigenvalue weighted by Gasteiger charge is -2.09. The fraction of sp³-hybridized carbons (Fsp3) is 0.0769. The van der Waals surface area contributed by atoms with Crippen molar-refractivity contribution in [3.63, 3.8) is 0 Å². The van der Waals surface area contributed by atoms with Gasteiger partial charge in [-0.25, -0.2) is 9.97 Å². The number of aromatic nitrogens is 3. The molecule has 2 heterocycles. The molecule has 0 aliphatic rings. The van der Waals surface area contributed by atoms with Gasteiger partial charge in [0.1, 0.15) is 17.4 Å². The summed E-state index contributed by atoms with van der Waals surface area (Å²) in [4.78, 5) is 8.53.